The summed E-state index contributed by atoms with van der Waals surface area (Å²) in [5.41, 5.74) is 6.47. The smallest absolute Gasteiger partial charge is 0.252 e. The van der Waals surface area contributed by atoms with E-state index < -0.39 is 0 Å². The highest BCUT2D eigenvalue weighted by atomic mass is 16.5. The maximum absolute atomic E-state index is 14.0. The van der Waals surface area contributed by atoms with Gasteiger partial charge in [-0.15, -0.1) is 0 Å². The van der Waals surface area contributed by atoms with Crippen LogP contribution < -0.4 is 15.5 Å². The topological polar surface area (TPSA) is 87.1 Å². The summed E-state index contributed by atoms with van der Waals surface area (Å²) < 4.78 is 12.2. The SMILES string of the molecule is CCc1c(N(CC)C2CCOCC2)cc2oc(CN3CCCCC3)cc2c1C(=O)NC/C(C)=C(C)/C=C(/C)NC=O. The Morgan fingerprint density at radius 2 is 1.83 bits per heavy atom. The number of ether oxygens (including phenoxy) is 1. The number of carbonyl (C=O) groups excluding carboxylic acids is 2. The number of fused-ring (bicyclic) bond motifs is 1. The minimum atomic E-state index is -0.0825. The maximum atomic E-state index is 14.0. The Labute approximate surface area is 245 Å². The van der Waals surface area contributed by atoms with Crippen molar-refractivity contribution in [3.63, 3.8) is 0 Å². The second-order valence-electron chi connectivity index (χ2n) is 11.4. The van der Waals surface area contributed by atoms with Crippen LogP contribution in [0.3, 0.4) is 0 Å². The van der Waals surface area contributed by atoms with Gasteiger partial charge in [-0.25, -0.2) is 0 Å². The summed E-state index contributed by atoms with van der Waals surface area (Å²) in [6.45, 7) is 15.9. The molecule has 4 rings (SSSR count). The van der Waals surface area contributed by atoms with E-state index in [0.717, 1.165) is 109 Å². The largest absolute Gasteiger partial charge is 0.460 e. The molecule has 41 heavy (non-hydrogen) atoms. The van der Waals surface area contributed by atoms with Gasteiger partial charge in [0.15, 0.2) is 0 Å². The number of rotatable bonds is 12. The molecule has 3 heterocycles. The fourth-order valence-corrected chi connectivity index (χ4v) is 6.20. The fourth-order valence-electron chi connectivity index (χ4n) is 6.20. The molecule has 2 saturated heterocycles. The third kappa shape index (κ3) is 7.60. The summed E-state index contributed by atoms with van der Waals surface area (Å²) in [4.78, 5) is 29.7. The van der Waals surface area contributed by atoms with Crippen LogP contribution in [0.15, 0.2) is 39.5 Å². The monoisotopic (exact) mass is 564 g/mol. The summed E-state index contributed by atoms with van der Waals surface area (Å²) in [5, 5.41) is 6.76. The van der Waals surface area contributed by atoms with Gasteiger partial charge in [-0.2, -0.15) is 0 Å². The second kappa shape index (κ2) is 14.7. The minimum Gasteiger partial charge on any atom is -0.460 e. The first-order chi connectivity index (χ1) is 19.9. The molecule has 2 fully saturated rings. The molecule has 8 nitrogen and oxygen atoms in total. The molecule has 8 heteroatoms. The van der Waals surface area contributed by atoms with E-state index in [2.05, 4.69) is 46.4 Å². The van der Waals surface area contributed by atoms with E-state index in [4.69, 9.17) is 9.15 Å². The third-order valence-electron chi connectivity index (χ3n) is 8.56. The van der Waals surface area contributed by atoms with Crippen LogP contribution >= 0.6 is 0 Å². The molecular weight excluding hydrogens is 516 g/mol. The number of benzene rings is 1. The highest BCUT2D eigenvalue weighted by molar-refractivity contribution is 6.09. The normalized spacial score (nSPS) is 17.8. The van der Waals surface area contributed by atoms with Gasteiger partial charge >= 0.3 is 0 Å². The zero-order chi connectivity index (χ0) is 29.4. The maximum Gasteiger partial charge on any atom is 0.252 e. The molecule has 1 aromatic carbocycles. The first kappa shape index (κ1) is 30.8. The molecule has 0 aliphatic carbocycles. The van der Waals surface area contributed by atoms with Gasteiger partial charge < -0.3 is 24.7 Å². The number of hydrogen-bond donors (Lipinski definition) is 2. The Kier molecular flexibility index (Phi) is 11.1. The molecule has 2 aliphatic rings. The van der Waals surface area contributed by atoms with Gasteiger partial charge in [-0.05, 0) is 96.2 Å². The van der Waals surface area contributed by atoms with E-state index in [9.17, 15) is 9.59 Å². The highest BCUT2D eigenvalue weighted by Crippen LogP contribution is 2.37. The summed E-state index contributed by atoms with van der Waals surface area (Å²) in [6, 6.07) is 4.64. The van der Waals surface area contributed by atoms with Crippen LogP contribution in [0.2, 0.25) is 0 Å². The summed E-state index contributed by atoms with van der Waals surface area (Å²) in [7, 11) is 0. The van der Waals surface area contributed by atoms with E-state index in [0.29, 0.717) is 19.0 Å². The number of likely N-dealkylation sites (tertiary alicyclic amines) is 1. The van der Waals surface area contributed by atoms with Crippen LogP contribution in [0.1, 0.15) is 88.4 Å². The van der Waals surface area contributed by atoms with Crippen molar-refractivity contribution in [3.05, 3.63) is 51.9 Å². The molecule has 2 aromatic rings. The van der Waals surface area contributed by atoms with Gasteiger partial charge in [0.25, 0.3) is 5.91 Å². The van der Waals surface area contributed by atoms with Crippen molar-refractivity contribution >= 4 is 29.0 Å². The number of allylic oxidation sites excluding steroid dienone is 3. The van der Waals surface area contributed by atoms with Gasteiger partial charge in [-0.1, -0.05) is 18.9 Å². The molecule has 0 unspecified atom stereocenters. The lowest BCUT2D eigenvalue weighted by molar-refractivity contribution is -0.108. The lowest BCUT2D eigenvalue weighted by Crippen LogP contribution is -2.40. The van der Waals surface area contributed by atoms with Crippen molar-refractivity contribution in [3.8, 4) is 0 Å². The van der Waals surface area contributed by atoms with Crippen molar-refractivity contribution in [2.75, 3.05) is 44.3 Å². The first-order valence-electron chi connectivity index (χ1n) is 15.3. The Morgan fingerprint density at radius 3 is 2.49 bits per heavy atom. The van der Waals surface area contributed by atoms with E-state index in [1.165, 1.54) is 19.3 Å². The molecular formula is C33H48N4O4. The lowest BCUT2D eigenvalue weighted by atomic mass is 9.95. The average Bonchev–Trinajstić information content (AvgIpc) is 3.38. The number of carbonyl (C=O) groups is 2. The molecule has 0 radical (unpaired) electrons. The molecule has 224 valence electrons. The van der Waals surface area contributed by atoms with Crippen molar-refractivity contribution in [2.45, 2.75) is 85.7 Å². The van der Waals surface area contributed by atoms with Gasteiger partial charge in [0.2, 0.25) is 6.41 Å². The van der Waals surface area contributed by atoms with Crippen molar-refractivity contribution in [1.82, 2.24) is 15.5 Å². The molecule has 0 atom stereocenters. The lowest BCUT2D eigenvalue weighted by Gasteiger charge is -2.37. The second-order valence-corrected chi connectivity index (χ2v) is 11.4. The Morgan fingerprint density at radius 1 is 1.10 bits per heavy atom. The number of nitrogens with one attached hydrogen (secondary N) is 2. The predicted molar refractivity (Wildman–Crippen MR) is 165 cm³/mol. The molecule has 0 spiro atoms. The van der Waals surface area contributed by atoms with Crippen LogP contribution in [0.25, 0.3) is 11.0 Å². The number of nitrogens with zero attached hydrogens (tertiary/aromatic N) is 2. The molecule has 2 aliphatic heterocycles. The minimum absolute atomic E-state index is 0.0825. The zero-order valence-electron chi connectivity index (χ0n) is 25.6. The average molecular weight is 565 g/mol. The van der Waals surface area contributed by atoms with E-state index >= 15 is 0 Å². The first-order valence-corrected chi connectivity index (χ1v) is 15.3. The highest BCUT2D eigenvalue weighted by Gasteiger charge is 2.28. The molecule has 1 aromatic heterocycles. The molecule has 2 N–H and O–H groups in total. The molecule has 0 bridgehead atoms. The Balaban J connectivity index is 1.72. The van der Waals surface area contributed by atoms with Crippen molar-refractivity contribution in [2.24, 2.45) is 0 Å². The molecule has 0 saturated carbocycles. The number of anilines is 1. The Bertz CT molecular complexity index is 1270. The van der Waals surface area contributed by atoms with Crippen LogP contribution in [0.4, 0.5) is 5.69 Å². The van der Waals surface area contributed by atoms with Crippen LogP contribution in [-0.2, 0) is 22.5 Å². The quantitative estimate of drug-likeness (QED) is 0.254. The van der Waals surface area contributed by atoms with Gasteiger partial charge in [0, 0.05) is 55.2 Å². The van der Waals surface area contributed by atoms with E-state index in [1.807, 2.05) is 26.8 Å². The Hall–Kier alpha value is -3.10. The summed E-state index contributed by atoms with van der Waals surface area (Å²) in [6.07, 6.45) is 9.02. The number of piperidine rings is 1. The van der Waals surface area contributed by atoms with Crippen LogP contribution in [0.5, 0.6) is 0 Å². The summed E-state index contributed by atoms with van der Waals surface area (Å²) >= 11 is 0. The number of amides is 2. The van der Waals surface area contributed by atoms with E-state index in [1.54, 1.807) is 0 Å². The number of furan rings is 1. The number of hydrogen-bond acceptors (Lipinski definition) is 6. The predicted octanol–water partition coefficient (Wildman–Crippen LogP) is 5.70. The summed E-state index contributed by atoms with van der Waals surface area (Å²) in [5.74, 6) is 0.834. The van der Waals surface area contributed by atoms with E-state index in [-0.39, 0.29) is 5.91 Å². The van der Waals surface area contributed by atoms with Crippen LogP contribution in [0, 0.1) is 0 Å². The van der Waals surface area contributed by atoms with Crippen molar-refractivity contribution in [1.29, 1.82) is 0 Å². The third-order valence-corrected chi connectivity index (χ3v) is 8.56. The van der Waals surface area contributed by atoms with Gasteiger partial charge in [0.1, 0.15) is 11.3 Å². The van der Waals surface area contributed by atoms with Crippen LogP contribution in [-0.4, -0.2) is 62.7 Å². The fraction of sp³-hybridized carbons (Fsp3) is 0.576. The molecule has 2 amide bonds. The van der Waals surface area contributed by atoms with Crippen molar-refractivity contribution < 1.29 is 18.7 Å². The zero-order valence-corrected chi connectivity index (χ0v) is 25.6. The van der Waals surface area contributed by atoms with Gasteiger partial charge in [-0.3, -0.25) is 14.5 Å². The standard InChI is InChI=1S/C33H48N4O4/c1-6-28-30(37(7-2)26-11-15-40-16-12-26)19-31-29(18-27(41-31)21-36-13-9-8-10-14-36)32(28)33(39)34-20-24(4)23(3)17-25(5)35-22-38/h17-19,22,26H,6-16,20-21H2,1-5H3,(H,34,39)(H,35,38)/b24-23+,25-17-. The van der Waals surface area contributed by atoms with Gasteiger partial charge in [0.05, 0.1) is 12.1 Å².